The summed E-state index contributed by atoms with van der Waals surface area (Å²) in [5.41, 5.74) is 0. The number of nitrogens with one attached hydrogen (secondary N) is 1. The maximum atomic E-state index is 8.81. The van der Waals surface area contributed by atoms with Crippen molar-refractivity contribution in [3.05, 3.63) is 12.7 Å². The largest absolute Gasteiger partial charge is 0.395 e. The zero-order valence-electron chi connectivity index (χ0n) is 8.98. The van der Waals surface area contributed by atoms with Crippen LogP contribution >= 0.6 is 12.2 Å². The Balaban J connectivity index is 2.24. The fourth-order valence-corrected chi connectivity index (χ4v) is 1.85. The molecule has 0 radical (unpaired) electrons. The van der Waals surface area contributed by atoms with Crippen molar-refractivity contribution < 1.29 is 5.11 Å². The van der Waals surface area contributed by atoms with Gasteiger partial charge in [0.25, 0.3) is 0 Å². The molecule has 1 heterocycles. The minimum absolute atomic E-state index is 0.235. The first kappa shape index (κ1) is 12.4. The van der Waals surface area contributed by atoms with Crippen LogP contribution in [-0.2, 0) is 0 Å². The van der Waals surface area contributed by atoms with Crippen LogP contribution in [0.5, 0.6) is 0 Å². The second-order valence-corrected chi connectivity index (χ2v) is 3.91. The van der Waals surface area contributed by atoms with Crippen molar-refractivity contribution in [3.63, 3.8) is 0 Å². The van der Waals surface area contributed by atoms with Crippen LogP contribution in [0.4, 0.5) is 0 Å². The van der Waals surface area contributed by atoms with Gasteiger partial charge >= 0.3 is 0 Å². The topological polar surface area (TPSA) is 38.7 Å². The van der Waals surface area contributed by atoms with Crippen LogP contribution in [0, 0.1) is 0 Å². The van der Waals surface area contributed by atoms with Gasteiger partial charge in [-0.15, -0.1) is 6.58 Å². The van der Waals surface area contributed by atoms with Gasteiger partial charge in [-0.1, -0.05) is 6.08 Å². The minimum Gasteiger partial charge on any atom is -0.395 e. The number of thiocarbonyl (C=S) groups is 1. The zero-order valence-corrected chi connectivity index (χ0v) is 9.80. The summed E-state index contributed by atoms with van der Waals surface area (Å²) < 4.78 is 0. The molecule has 0 saturated carbocycles. The second kappa shape index (κ2) is 6.76. The van der Waals surface area contributed by atoms with Crippen LogP contribution in [0.15, 0.2) is 12.7 Å². The lowest BCUT2D eigenvalue weighted by Crippen LogP contribution is -2.52. The van der Waals surface area contributed by atoms with Gasteiger partial charge in [0.2, 0.25) is 0 Å². The first-order chi connectivity index (χ1) is 7.27. The van der Waals surface area contributed by atoms with Crippen LogP contribution in [0.3, 0.4) is 0 Å². The summed E-state index contributed by atoms with van der Waals surface area (Å²) >= 11 is 5.24. The molecule has 1 rings (SSSR count). The maximum Gasteiger partial charge on any atom is 0.169 e. The molecular formula is C10H19N3OS. The Morgan fingerprint density at radius 3 is 2.60 bits per heavy atom. The summed E-state index contributed by atoms with van der Waals surface area (Å²) in [6.45, 7) is 9.16. The van der Waals surface area contributed by atoms with Gasteiger partial charge in [-0.3, -0.25) is 4.90 Å². The van der Waals surface area contributed by atoms with E-state index in [0.29, 0.717) is 0 Å². The highest BCUT2D eigenvalue weighted by Crippen LogP contribution is 2.01. The summed E-state index contributed by atoms with van der Waals surface area (Å²) in [5.74, 6) is 0. The first-order valence-electron chi connectivity index (χ1n) is 5.25. The lowest BCUT2D eigenvalue weighted by atomic mass is 10.3. The zero-order chi connectivity index (χ0) is 11.1. The molecule has 1 fully saturated rings. The molecule has 4 nitrogen and oxygen atoms in total. The number of hydrogen-bond donors (Lipinski definition) is 2. The molecule has 1 saturated heterocycles. The van der Waals surface area contributed by atoms with Crippen molar-refractivity contribution in [2.45, 2.75) is 0 Å². The lowest BCUT2D eigenvalue weighted by molar-refractivity contribution is 0.147. The van der Waals surface area contributed by atoms with Crippen molar-refractivity contribution in [1.82, 2.24) is 15.1 Å². The standard InChI is InChI=1S/C10H19N3OS/c1-2-3-11-10(15)13-6-4-12(5-7-13)8-9-14/h2,14H,1,3-9H2,(H,11,15). The van der Waals surface area contributed by atoms with E-state index in [2.05, 4.69) is 21.7 Å². The molecule has 0 aromatic rings. The van der Waals surface area contributed by atoms with Crippen LogP contribution in [0.25, 0.3) is 0 Å². The summed E-state index contributed by atoms with van der Waals surface area (Å²) in [6.07, 6.45) is 1.80. The molecule has 0 aliphatic carbocycles. The molecule has 1 aliphatic heterocycles. The molecule has 0 aromatic carbocycles. The number of rotatable bonds is 4. The van der Waals surface area contributed by atoms with Gasteiger partial charge in [0.15, 0.2) is 5.11 Å². The van der Waals surface area contributed by atoms with Crippen LogP contribution in [0.2, 0.25) is 0 Å². The average Bonchev–Trinajstić information content (AvgIpc) is 2.27. The van der Waals surface area contributed by atoms with E-state index in [1.54, 1.807) is 6.08 Å². The van der Waals surface area contributed by atoms with E-state index >= 15 is 0 Å². The van der Waals surface area contributed by atoms with Gasteiger partial charge in [-0.2, -0.15) is 0 Å². The summed E-state index contributed by atoms with van der Waals surface area (Å²) in [7, 11) is 0. The second-order valence-electron chi connectivity index (χ2n) is 3.53. The third-order valence-electron chi connectivity index (χ3n) is 2.47. The molecule has 0 bridgehead atoms. The number of aliphatic hydroxyl groups is 1. The number of hydrogen-bond acceptors (Lipinski definition) is 3. The number of β-amino-alcohol motifs (C(OH)–C–C–N with tert-alkyl or cyclic N) is 1. The SMILES string of the molecule is C=CCNC(=S)N1CCN(CCO)CC1. The van der Waals surface area contributed by atoms with E-state index in [1.807, 2.05) is 0 Å². The highest BCUT2D eigenvalue weighted by atomic mass is 32.1. The van der Waals surface area contributed by atoms with Crippen molar-refractivity contribution in [1.29, 1.82) is 0 Å². The Labute approximate surface area is 96.6 Å². The fourth-order valence-electron chi connectivity index (χ4n) is 1.59. The van der Waals surface area contributed by atoms with Gasteiger partial charge in [0.1, 0.15) is 0 Å². The van der Waals surface area contributed by atoms with Crippen LogP contribution in [0.1, 0.15) is 0 Å². The fraction of sp³-hybridized carbons (Fsp3) is 0.700. The van der Waals surface area contributed by atoms with E-state index in [1.165, 1.54) is 0 Å². The summed E-state index contributed by atoms with van der Waals surface area (Å²) in [6, 6.07) is 0. The molecule has 0 spiro atoms. The smallest absolute Gasteiger partial charge is 0.169 e. The van der Waals surface area contributed by atoms with E-state index < -0.39 is 0 Å². The van der Waals surface area contributed by atoms with Gasteiger partial charge in [0.05, 0.1) is 6.61 Å². The highest BCUT2D eigenvalue weighted by Gasteiger charge is 2.17. The van der Waals surface area contributed by atoms with Gasteiger partial charge in [-0.25, -0.2) is 0 Å². The lowest BCUT2D eigenvalue weighted by Gasteiger charge is -2.35. The monoisotopic (exact) mass is 229 g/mol. The van der Waals surface area contributed by atoms with Crippen molar-refractivity contribution in [2.24, 2.45) is 0 Å². The summed E-state index contributed by atoms with van der Waals surface area (Å²) in [4.78, 5) is 4.40. The Morgan fingerprint density at radius 1 is 1.40 bits per heavy atom. The predicted molar refractivity (Wildman–Crippen MR) is 65.9 cm³/mol. The minimum atomic E-state index is 0.235. The van der Waals surface area contributed by atoms with E-state index in [-0.39, 0.29) is 6.61 Å². The molecule has 0 aromatic heterocycles. The Hall–Kier alpha value is -0.650. The third kappa shape index (κ3) is 4.15. The molecule has 2 N–H and O–H groups in total. The predicted octanol–water partition coefficient (Wildman–Crippen LogP) is -0.343. The Bertz CT molecular complexity index is 215. The van der Waals surface area contributed by atoms with Crippen LogP contribution in [-0.4, -0.2) is 65.9 Å². The molecule has 1 aliphatic rings. The van der Waals surface area contributed by atoms with E-state index in [4.69, 9.17) is 17.3 Å². The molecule has 15 heavy (non-hydrogen) atoms. The molecule has 86 valence electrons. The van der Waals surface area contributed by atoms with Crippen molar-refractivity contribution in [3.8, 4) is 0 Å². The van der Waals surface area contributed by atoms with Crippen molar-refractivity contribution in [2.75, 3.05) is 45.9 Å². The number of nitrogens with zero attached hydrogens (tertiary/aromatic N) is 2. The quantitative estimate of drug-likeness (QED) is 0.509. The maximum absolute atomic E-state index is 8.81. The van der Waals surface area contributed by atoms with Gasteiger partial charge < -0.3 is 15.3 Å². The molecule has 0 amide bonds. The highest BCUT2D eigenvalue weighted by molar-refractivity contribution is 7.80. The Kier molecular flexibility index (Phi) is 5.60. The molecular weight excluding hydrogens is 210 g/mol. The van der Waals surface area contributed by atoms with E-state index in [0.717, 1.165) is 44.4 Å². The van der Waals surface area contributed by atoms with Gasteiger partial charge in [-0.05, 0) is 12.2 Å². The summed E-state index contributed by atoms with van der Waals surface area (Å²) in [5, 5.41) is 12.7. The molecule has 5 heteroatoms. The third-order valence-corrected chi connectivity index (χ3v) is 2.88. The molecule has 0 unspecified atom stereocenters. The van der Waals surface area contributed by atoms with E-state index in [9.17, 15) is 0 Å². The van der Waals surface area contributed by atoms with Gasteiger partial charge in [0, 0.05) is 39.3 Å². The average molecular weight is 229 g/mol. The molecule has 0 atom stereocenters. The van der Waals surface area contributed by atoms with Crippen LogP contribution < -0.4 is 5.32 Å². The van der Waals surface area contributed by atoms with Crippen molar-refractivity contribution >= 4 is 17.3 Å². The first-order valence-corrected chi connectivity index (χ1v) is 5.65. The Morgan fingerprint density at radius 2 is 2.07 bits per heavy atom. The number of piperazine rings is 1. The number of aliphatic hydroxyl groups excluding tert-OH is 1. The normalized spacial score (nSPS) is 17.5.